The molecule has 0 saturated heterocycles. The van der Waals surface area contributed by atoms with Crippen LogP contribution in [0, 0.1) is 0 Å². The number of hydrogen-bond acceptors (Lipinski definition) is 4. The highest BCUT2D eigenvalue weighted by atomic mass is 16.2. The number of hydrogen-bond donors (Lipinski definition) is 1. The second kappa shape index (κ2) is 8.82. The van der Waals surface area contributed by atoms with Gasteiger partial charge >= 0.3 is 0 Å². The molecular formula is C19H24N4O2. The van der Waals surface area contributed by atoms with Crippen molar-refractivity contribution in [3.8, 4) is 0 Å². The van der Waals surface area contributed by atoms with Crippen LogP contribution in [-0.2, 0) is 16.1 Å². The Hall–Kier alpha value is -2.89. The standard InChI is InChI=1S/C19H24N4O2/c1-15(24)23(18-8-6-17(7-9-18)22(2)3)12-10-19(25)21-14-16-5-4-11-20-13-16/h4-9,11,13H,10,12,14H2,1-3H3,(H,21,25). The highest BCUT2D eigenvalue weighted by molar-refractivity contribution is 5.92. The average molecular weight is 340 g/mol. The van der Waals surface area contributed by atoms with Gasteiger partial charge < -0.3 is 15.1 Å². The normalized spacial score (nSPS) is 10.2. The minimum atomic E-state index is -0.0972. The van der Waals surface area contributed by atoms with Crippen molar-refractivity contribution >= 4 is 23.2 Å². The molecule has 1 aromatic heterocycles. The van der Waals surface area contributed by atoms with E-state index in [0.29, 0.717) is 13.1 Å². The third kappa shape index (κ3) is 5.60. The van der Waals surface area contributed by atoms with Crippen LogP contribution in [0.25, 0.3) is 0 Å². The average Bonchev–Trinajstić information content (AvgIpc) is 2.61. The Balaban J connectivity index is 1.90. The van der Waals surface area contributed by atoms with Crippen LogP contribution in [0.5, 0.6) is 0 Å². The van der Waals surface area contributed by atoms with E-state index in [-0.39, 0.29) is 18.2 Å². The van der Waals surface area contributed by atoms with Crippen LogP contribution in [0.15, 0.2) is 48.8 Å². The summed E-state index contributed by atoms with van der Waals surface area (Å²) < 4.78 is 0. The Labute approximate surface area is 148 Å². The molecule has 2 rings (SSSR count). The summed E-state index contributed by atoms with van der Waals surface area (Å²) in [4.78, 5) is 31.6. The van der Waals surface area contributed by atoms with Crippen LogP contribution in [0.1, 0.15) is 18.9 Å². The van der Waals surface area contributed by atoms with Gasteiger partial charge in [-0.25, -0.2) is 0 Å². The lowest BCUT2D eigenvalue weighted by molar-refractivity contribution is -0.121. The quantitative estimate of drug-likeness (QED) is 0.839. The number of pyridine rings is 1. The molecule has 2 amide bonds. The highest BCUT2D eigenvalue weighted by Crippen LogP contribution is 2.20. The first-order valence-corrected chi connectivity index (χ1v) is 8.18. The predicted octanol–water partition coefficient (Wildman–Crippen LogP) is 2.21. The van der Waals surface area contributed by atoms with Gasteiger partial charge in [0.15, 0.2) is 0 Å². The molecule has 1 heterocycles. The number of rotatable bonds is 7. The maximum absolute atomic E-state index is 12.0. The van der Waals surface area contributed by atoms with Gasteiger partial charge in [-0.05, 0) is 35.9 Å². The van der Waals surface area contributed by atoms with E-state index in [1.165, 1.54) is 6.92 Å². The molecule has 0 atom stereocenters. The molecule has 0 spiro atoms. The minimum absolute atomic E-state index is 0.0855. The maximum Gasteiger partial charge on any atom is 0.223 e. The molecule has 25 heavy (non-hydrogen) atoms. The Morgan fingerprint density at radius 2 is 1.76 bits per heavy atom. The van der Waals surface area contributed by atoms with Crippen molar-refractivity contribution in [3.63, 3.8) is 0 Å². The third-order valence-corrected chi connectivity index (χ3v) is 3.83. The van der Waals surface area contributed by atoms with Crippen molar-refractivity contribution < 1.29 is 9.59 Å². The Bertz CT molecular complexity index is 699. The van der Waals surface area contributed by atoms with Crippen molar-refractivity contribution in [2.75, 3.05) is 30.4 Å². The van der Waals surface area contributed by atoms with E-state index in [1.54, 1.807) is 17.3 Å². The van der Waals surface area contributed by atoms with Crippen LogP contribution >= 0.6 is 0 Å². The minimum Gasteiger partial charge on any atom is -0.378 e. The van der Waals surface area contributed by atoms with Gasteiger partial charge in [-0.15, -0.1) is 0 Å². The van der Waals surface area contributed by atoms with Gasteiger partial charge in [-0.3, -0.25) is 14.6 Å². The second-order valence-corrected chi connectivity index (χ2v) is 5.97. The molecular weight excluding hydrogens is 316 g/mol. The van der Waals surface area contributed by atoms with Gasteiger partial charge in [-0.1, -0.05) is 6.07 Å². The summed E-state index contributed by atoms with van der Waals surface area (Å²) in [6, 6.07) is 11.4. The Morgan fingerprint density at radius 1 is 1.08 bits per heavy atom. The summed E-state index contributed by atoms with van der Waals surface area (Å²) in [6.45, 7) is 2.28. The van der Waals surface area contributed by atoms with Gasteiger partial charge in [-0.2, -0.15) is 0 Å². The van der Waals surface area contributed by atoms with Crippen molar-refractivity contribution in [3.05, 3.63) is 54.4 Å². The molecule has 1 aromatic carbocycles. The lowest BCUT2D eigenvalue weighted by atomic mass is 10.2. The first-order chi connectivity index (χ1) is 12.0. The number of carbonyl (C=O) groups excluding carboxylic acids is 2. The molecule has 2 aromatic rings. The molecule has 0 aliphatic heterocycles. The van der Waals surface area contributed by atoms with Gasteiger partial charge in [0.05, 0.1) is 0 Å². The molecule has 0 aliphatic rings. The van der Waals surface area contributed by atoms with Gasteiger partial charge in [0, 0.05) is 64.3 Å². The lowest BCUT2D eigenvalue weighted by Crippen LogP contribution is -2.33. The molecule has 0 fully saturated rings. The van der Waals surface area contributed by atoms with E-state index in [2.05, 4.69) is 10.3 Å². The van der Waals surface area contributed by atoms with E-state index < -0.39 is 0 Å². The third-order valence-electron chi connectivity index (χ3n) is 3.83. The predicted molar refractivity (Wildman–Crippen MR) is 99.5 cm³/mol. The van der Waals surface area contributed by atoms with Crippen molar-refractivity contribution in [1.29, 1.82) is 0 Å². The van der Waals surface area contributed by atoms with Gasteiger partial charge in [0.1, 0.15) is 0 Å². The summed E-state index contributed by atoms with van der Waals surface area (Å²) in [5, 5.41) is 2.85. The Kier molecular flexibility index (Phi) is 6.51. The van der Waals surface area contributed by atoms with Gasteiger partial charge in [0.2, 0.25) is 11.8 Å². The van der Waals surface area contributed by atoms with Crippen LogP contribution in [0.2, 0.25) is 0 Å². The smallest absolute Gasteiger partial charge is 0.223 e. The summed E-state index contributed by atoms with van der Waals surface area (Å²) in [6.07, 6.45) is 3.65. The number of nitrogens with one attached hydrogen (secondary N) is 1. The van der Waals surface area contributed by atoms with Crippen molar-refractivity contribution in [2.24, 2.45) is 0 Å². The summed E-state index contributed by atoms with van der Waals surface area (Å²) >= 11 is 0. The number of carbonyl (C=O) groups is 2. The lowest BCUT2D eigenvalue weighted by Gasteiger charge is -2.22. The first kappa shape index (κ1) is 18.4. The van der Waals surface area contributed by atoms with E-state index in [4.69, 9.17) is 0 Å². The second-order valence-electron chi connectivity index (χ2n) is 5.97. The molecule has 132 valence electrons. The molecule has 0 radical (unpaired) electrons. The molecule has 0 unspecified atom stereocenters. The maximum atomic E-state index is 12.0. The number of amides is 2. The fraction of sp³-hybridized carbons (Fsp3) is 0.316. The first-order valence-electron chi connectivity index (χ1n) is 8.18. The SMILES string of the molecule is CC(=O)N(CCC(=O)NCc1cccnc1)c1ccc(N(C)C)cc1. The number of anilines is 2. The number of aromatic nitrogens is 1. The van der Waals surface area contributed by atoms with E-state index in [9.17, 15) is 9.59 Å². The van der Waals surface area contributed by atoms with Crippen LogP contribution in [-0.4, -0.2) is 37.4 Å². The van der Waals surface area contributed by atoms with E-state index in [1.807, 2.05) is 55.4 Å². The van der Waals surface area contributed by atoms with Crippen molar-refractivity contribution in [1.82, 2.24) is 10.3 Å². The van der Waals surface area contributed by atoms with Crippen molar-refractivity contribution in [2.45, 2.75) is 19.9 Å². The fourth-order valence-corrected chi connectivity index (χ4v) is 2.40. The van der Waals surface area contributed by atoms with Gasteiger partial charge in [0.25, 0.3) is 0 Å². The van der Waals surface area contributed by atoms with Crippen LogP contribution < -0.4 is 15.1 Å². The Morgan fingerprint density at radius 3 is 2.32 bits per heavy atom. The van der Waals surface area contributed by atoms with E-state index >= 15 is 0 Å². The monoisotopic (exact) mass is 340 g/mol. The van der Waals surface area contributed by atoms with Crippen LogP contribution in [0.4, 0.5) is 11.4 Å². The summed E-state index contributed by atoms with van der Waals surface area (Å²) in [5.74, 6) is -0.183. The summed E-state index contributed by atoms with van der Waals surface area (Å²) in [5.41, 5.74) is 2.79. The zero-order valence-electron chi connectivity index (χ0n) is 14.9. The molecule has 0 saturated carbocycles. The molecule has 1 N–H and O–H groups in total. The molecule has 0 bridgehead atoms. The summed E-state index contributed by atoms with van der Waals surface area (Å²) in [7, 11) is 3.93. The largest absolute Gasteiger partial charge is 0.378 e. The van der Waals surface area contributed by atoms with E-state index in [0.717, 1.165) is 16.9 Å². The zero-order chi connectivity index (χ0) is 18.2. The molecule has 6 nitrogen and oxygen atoms in total. The number of benzene rings is 1. The highest BCUT2D eigenvalue weighted by Gasteiger charge is 2.13. The van der Waals surface area contributed by atoms with Crippen LogP contribution in [0.3, 0.4) is 0 Å². The topological polar surface area (TPSA) is 65.5 Å². The zero-order valence-corrected chi connectivity index (χ0v) is 14.9. The molecule has 6 heteroatoms. The number of nitrogens with zero attached hydrogens (tertiary/aromatic N) is 3. The fourth-order valence-electron chi connectivity index (χ4n) is 2.40. The molecule has 0 aliphatic carbocycles.